The number of piperidine rings is 1. The lowest BCUT2D eigenvalue weighted by molar-refractivity contribution is -0.0420. The quantitative estimate of drug-likeness (QED) is 0.689. The van der Waals surface area contributed by atoms with Gasteiger partial charge in [0.25, 0.3) is 0 Å². The lowest BCUT2D eigenvalue weighted by Crippen LogP contribution is -2.45. The van der Waals surface area contributed by atoms with Crippen LogP contribution in [0.4, 0.5) is 4.79 Å². The summed E-state index contributed by atoms with van der Waals surface area (Å²) in [6, 6.07) is 7.39. The van der Waals surface area contributed by atoms with Crippen LogP contribution in [0.1, 0.15) is 31.2 Å². The molecule has 0 bridgehead atoms. The minimum absolute atomic E-state index is 0.111. The zero-order chi connectivity index (χ0) is 17.6. The summed E-state index contributed by atoms with van der Waals surface area (Å²) in [4.78, 5) is 13.1. The molecule has 1 saturated heterocycles. The van der Waals surface area contributed by atoms with E-state index in [1.807, 2.05) is 24.3 Å². The molecule has 1 aromatic rings. The number of carbonyl (C=O) groups is 1. The van der Waals surface area contributed by atoms with Crippen molar-refractivity contribution in [2.45, 2.75) is 31.3 Å². The molecule has 0 aliphatic carbocycles. The van der Waals surface area contributed by atoms with Gasteiger partial charge in [0.15, 0.2) is 0 Å². The lowest BCUT2D eigenvalue weighted by atomic mass is 9.74. The number of aliphatic hydroxyl groups is 1. The van der Waals surface area contributed by atoms with E-state index in [9.17, 15) is 9.90 Å². The smallest absolute Gasteiger partial charge is 0.316 e. The van der Waals surface area contributed by atoms with Gasteiger partial charge in [-0.3, -0.25) is 0 Å². The standard InChI is InChI=1S/C18H28ClN3O2/c1-22(2)17(23)21-11-5-9-18(24,15-7-4-10-20-13-15)14-6-3-8-16(19)12-14/h3,6,8,12,15,20,24H,4-5,7,9-11,13H2,1-2H3,(H,21,23)/t15-,18-/m1/s1. The van der Waals surface area contributed by atoms with Crippen LogP contribution in [0.2, 0.25) is 5.02 Å². The average Bonchev–Trinajstić information content (AvgIpc) is 2.59. The van der Waals surface area contributed by atoms with Gasteiger partial charge in [0, 0.05) is 38.1 Å². The summed E-state index contributed by atoms with van der Waals surface area (Å²) in [6.45, 7) is 2.34. The predicted molar refractivity (Wildman–Crippen MR) is 97.3 cm³/mol. The first-order chi connectivity index (χ1) is 11.4. The van der Waals surface area contributed by atoms with E-state index in [-0.39, 0.29) is 11.9 Å². The fraction of sp³-hybridized carbons (Fsp3) is 0.611. The van der Waals surface area contributed by atoms with Gasteiger partial charge in [-0.15, -0.1) is 0 Å². The van der Waals surface area contributed by atoms with Crippen LogP contribution in [0.15, 0.2) is 24.3 Å². The Hall–Kier alpha value is -1.30. The fourth-order valence-electron chi connectivity index (χ4n) is 3.31. The first-order valence-corrected chi connectivity index (χ1v) is 8.95. The van der Waals surface area contributed by atoms with E-state index >= 15 is 0 Å². The van der Waals surface area contributed by atoms with Crippen molar-refractivity contribution >= 4 is 17.6 Å². The van der Waals surface area contributed by atoms with Gasteiger partial charge in [0.05, 0.1) is 5.60 Å². The zero-order valence-corrected chi connectivity index (χ0v) is 15.3. The van der Waals surface area contributed by atoms with Gasteiger partial charge >= 0.3 is 6.03 Å². The molecular formula is C18H28ClN3O2. The maximum absolute atomic E-state index is 11.6. The number of nitrogens with one attached hydrogen (secondary N) is 2. The van der Waals surface area contributed by atoms with Crippen LogP contribution in [0.5, 0.6) is 0 Å². The molecule has 1 aliphatic heterocycles. The molecule has 2 amide bonds. The van der Waals surface area contributed by atoms with Crippen molar-refractivity contribution < 1.29 is 9.90 Å². The molecule has 3 N–H and O–H groups in total. The first-order valence-electron chi connectivity index (χ1n) is 8.58. The van der Waals surface area contributed by atoms with Crippen molar-refractivity contribution in [3.63, 3.8) is 0 Å². The summed E-state index contributed by atoms with van der Waals surface area (Å²) < 4.78 is 0. The molecule has 1 fully saturated rings. The van der Waals surface area contributed by atoms with Gasteiger partial charge in [-0.05, 0) is 49.9 Å². The molecule has 2 atom stereocenters. The highest BCUT2D eigenvalue weighted by Crippen LogP contribution is 2.38. The second kappa shape index (κ2) is 8.70. The first kappa shape index (κ1) is 19.0. The molecule has 1 aliphatic rings. The summed E-state index contributed by atoms with van der Waals surface area (Å²) in [5.41, 5.74) is -0.0658. The van der Waals surface area contributed by atoms with Crippen molar-refractivity contribution in [3.05, 3.63) is 34.9 Å². The van der Waals surface area contributed by atoms with E-state index in [0.717, 1.165) is 31.5 Å². The molecule has 6 heteroatoms. The Bertz CT molecular complexity index is 547. The Morgan fingerprint density at radius 2 is 2.29 bits per heavy atom. The van der Waals surface area contributed by atoms with Crippen LogP contribution in [0, 0.1) is 5.92 Å². The van der Waals surface area contributed by atoms with Crippen molar-refractivity contribution in [2.75, 3.05) is 33.7 Å². The van der Waals surface area contributed by atoms with Crippen LogP contribution in [-0.2, 0) is 5.60 Å². The van der Waals surface area contributed by atoms with Gasteiger partial charge in [-0.2, -0.15) is 0 Å². The number of halogens is 1. The molecule has 5 nitrogen and oxygen atoms in total. The molecular weight excluding hydrogens is 326 g/mol. The summed E-state index contributed by atoms with van der Waals surface area (Å²) in [5.74, 6) is 0.147. The minimum Gasteiger partial charge on any atom is -0.385 e. The molecule has 0 radical (unpaired) electrons. The number of nitrogens with zero attached hydrogens (tertiary/aromatic N) is 1. The summed E-state index contributed by atoms with van der Waals surface area (Å²) in [5, 5.41) is 18.4. The molecule has 134 valence electrons. The third-order valence-corrected chi connectivity index (χ3v) is 4.95. The molecule has 2 rings (SSSR count). The summed E-state index contributed by atoms with van der Waals surface area (Å²) in [6.07, 6.45) is 3.34. The van der Waals surface area contributed by atoms with Gasteiger partial charge in [0.1, 0.15) is 0 Å². The van der Waals surface area contributed by atoms with Gasteiger partial charge < -0.3 is 20.6 Å². The number of benzene rings is 1. The number of urea groups is 1. The third-order valence-electron chi connectivity index (χ3n) is 4.71. The van der Waals surface area contributed by atoms with Crippen molar-refractivity contribution in [2.24, 2.45) is 5.92 Å². The number of carbonyl (C=O) groups excluding carboxylic acids is 1. The summed E-state index contributed by atoms with van der Waals surface area (Å²) in [7, 11) is 3.43. The highest BCUT2D eigenvalue weighted by molar-refractivity contribution is 6.30. The van der Waals surface area contributed by atoms with Crippen molar-refractivity contribution in [1.82, 2.24) is 15.5 Å². The molecule has 1 aromatic carbocycles. The van der Waals surface area contributed by atoms with E-state index in [1.54, 1.807) is 14.1 Å². The van der Waals surface area contributed by atoms with Crippen LogP contribution < -0.4 is 10.6 Å². The normalized spacial score (nSPS) is 20.2. The van der Waals surface area contributed by atoms with Crippen LogP contribution >= 0.6 is 11.6 Å². The Kier molecular flexibility index (Phi) is 6.90. The van der Waals surface area contributed by atoms with E-state index in [0.29, 0.717) is 24.4 Å². The Labute approximate surface area is 149 Å². The number of rotatable bonds is 6. The number of amides is 2. The predicted octanol–water partition coefficient (Wildman–Crippen LogP) is 2.58. The highest BCUT2D eigenvalue weighted by atomic mass is 35.5. The molecule has 0 saturated carbocycles. The Morgan fingerprint density at radius 3 is 2.92 bits per heavy atom. The monoisotopic (exact) mass is 353 g/mol. The van der Waals surface area contributed by atoms with Crippen LogP contribution in [0.3, 0.4) is 0 Å². The molecule has 0 aromatic heterocycles. The SMILES string of the molecule is CN(C)C(=O)NCCC[C@@](O)(c1cccc(Cl)c1)[C@@H]1CCCNC1. The Balaban J connectivity index is 2.06. The topological polar surface area (TPSA) is 64.6 Å². The molecule has 1 heterocycles. The lowest BCUT2D eigenvalue weighted by Gasteiger charge is -2.39. The van der Waals surface area contributed by atoms with E-state index in [1.165, 1.54) is 4.90 Å². The van der Waals surface area contributed by atoms with Gasteiger partial charge in [-0.1, -0.05) is 23.7 Å². The van der Waals surface area contributed by atoms with E-state index in [2.05, 4.69) is 10.6 Å². The van der Waals surface area contributed by atoms with Crippen molar-refractivity contribution in [1.29, 1.82) is 0 Å². The van der Waals surface area contributed by atoms with Crippen LogP contribution in [0.25, 0.3) is 0 Å². The molecule has 0 spiro atoms. The van der Waals surface area contributed by atoms with Crippen molar-refractivity contribution in [3.8, 4) is 0 Å². The minimum atomic E-state index is -0.929. The fourth-order valence-corrected chi connectivity index (χ4v) is 3.50. The second-order valence-electron chi connectivity index (χ2n) is 6.71. The number of hydrogen-bond donors (Lipinski definition) is 3. The number of hydrogen-bond acceptors (Lipinski definition) is 3. The Morgan fingerprint density at radius 1 is 1.50 bits per heavy atom. The molecule has 24 heavy (non-hydrogen) atoms. The zero-order valence-electron chi connectivity index (χ0n) is 14.5. The average molecular weight is 354 g/mol. The van der Waals surface area contributed by atoms with Crippen LogP contribution in [-0.4, -0.2) is 49.8 Å². The second-order valence-corrected chi connectivity index (χ2v) is 7.14. The highest BCUT2D eigenvalue weighted by Gasteiger charge is 2.38. The third kappa shape index (κ3) is 4.85. The largest absolute Gasteiger partial charge is 0.385 e. The maximum atomic E-state index is 11.6. The van der Waals surface area contributed by atoms with E-state index < -0.39 is 5.60 Å². The molecule has 0 unspecified atom stereocenters. The maximum Gasteiger partial charge on any atom is 0.316 e. The van der Waals surface area contributed by atoms with Gasteiger partial charge in [-0.25, -0.2) is 4.79 Å². The van der Waals surface area contributed by atoms with E-state index in [4.69, 9.17) is 11.6 Å². The van der Waals surface area contributed by atoms with Gasteiger partial charge in [0.2, 0.25) is 0 Å². The summed E-state index contributed by atoms with van der Waals surface area (Å²) >= 11 is 6.14.